The van der Waals surface area contributed by atoms with Gasteiger partial charge in [0, 0.05) is 19.9 Å². The summed E-state index contributed by atoms with van der Waals surface area (Å²) >= 11 is 0. The number of nitrogens with one attached hydrogen (secondary N) is 1. The van der Waals surface area contributed by atoms with Gasteiger partial charge in [0.05, 0.1) is 0 Å². The Hall–Kier alpha value is -1.35. The fourth-order valence-corrected chi connectivity index (χ4v) is 1.08. The largest absolute Gasteiger partial charge is 0.396 e. The molecule has 0 fully saturated rings. The molecule has 14 heavy (non-hydrogen) atoms. The smallest absolute Gasteiger partial charge is 0.125 e. The molecule has 0 saturated carbocycles. The monoisotopic (exact) mass is 192 g/mol. The molecular weight excluding hydrogens is 176 g/mol. The summed E-state index contributed by atoms with van der Waals surface area (Å²) in [6, 6.07) is 3.94. The van der Waals surface area contributed by atoms with Crippen LogP contribution >= 0.6 is 0 Å². The highest BCUT2D eigenvalue weighted by Gasteiger charge is 1.89. The Morgan fingerprint density at radius 2 is 2.36 bits per heavy atom. The molecule has 0 radical (unpaired) electrons. The number of rotatable bonds is 5. The van der Waals surface area contributed by atoms with E-state index in [1.165, 1.54) is 0 Å². The molecule has 76 valence electrons. The number of pyridine rings is 1. The summed E-state index contributed by atoms with van der Waals surface area (Å²) in [5.74, 6) is 0.873. The predicted molar refractivity (Wildman–Crippen MR) is 59.1 cm³/mol. The van der Waals surface area contributed by atoms with Crippen molar-refractivity contribution in [3.63, 3.8) is 0 Å². The van der Waals surface area contributed by atoms with Crippen LogP contribution in [0.25, 0.3) is 6.08 Å². The Morgan fingerprint density at radius 3 is 2.93 bits per heavy atom. The van der Waals surface area contributed by atoms with Crippen LogP contribution in [-0.4, -0.2) is 23.7 Å². The Morgan fingerprint density at radius 1 is 1.50 bits per heavy atom. The zero-order chi connectivity index (χ0) is 10.2. The summed E-state index contributed by atoms with van der Waals surface area (Å²) in [6.45, 7) is 0.251. The average Bonchev–Trinajstić information content (AvgIpc) is 2.25. The molecule has 1 heterocycles. The highest BCUT2D eigenvalue weighted by molar-refractivity contribution is 5.50. The molecule has 0 atom stereocenters. The summed E-state index contributed by atoms with van der Waals surface area (Å²) in [4.78, 5) is 4.18. The zero-order valence-electron chi connectivity index (χ0n) is 8.40. The first kappa shape index (κ1) is 10.7. The van der Waals surface area contributed by atoms with Crippen molar-refractivity contribution in [2.45, 2.75) is 12.8 Å². The van der Waals surface area contributed by atoms with Gasteiger partial charge >= 0.3 is 0 Å². The van der Waals surface area contributed by atoms with E-state index in [2.05, 4.69) is 10.3 Å². The molecular formula is C11H16N2O. The molecule has 0 aliphatic rings. The maximum Gasteiger partial charge on any atom is 0.125 e. The van der Waals surface area contributed by atoms with Crippen molar-refractivity contribution in [2.24, 2.45) is 0 Å². The topological polar surface area (TPSA) is 45.1 Å². The number of allylic oxidation sites excluding steroid dienone is 1. The summed E-state index contributed by atoms with van der Waals surface area (Å²) in [5, 5.41) is 11.5. The lowest BCUT2D eigenvalue weighted by atomic mass is 10.2. The van der Waals surface area contributed by atoms with E-state index in [-0.39, 0.29) is 6.61 Å². The van der Waals surface area contributed by atoms with Gasteiger partial charge in [-0.2, -0.15) is 0 Å². The molecule has 1 rings (SSSR count). The first-order valence-electron chi connectivity index (χ1n) is 4.78. The third-order valence-corrected chi connectivity index (χ3v) is 1.88. The van der Waals surface area contributed by atoms with Gasteiger partial charge in [-0.25, -0.2) is 4.98 Å². The lowest BCUT2D eigenvalue weighted by Gasteiger charge is -1.98. The molecule has 3 heteroatoms. The summed E-state index contributed by atoms with van der Waals surface area (Å²) in [7, 11) is 1.85. The van der Waals surface area contributed by atoms with Crippen LogP contribution in [0.2, 0.25) is 0 Å². The van der Waals surface area contributed by atoms with Crippen molar-refractivity contribution >= 4 is 11.9 Å². The molecule has 0 spiro atoms. The van der Waals surface area contributed by atoms with E-state index in [1.54, 1.807) is 0 Å². The normalized spacial score (nSPS) is 10.7. The fraction of sp³-hybridized carbons (Fsp3) is 0.364. The first-order chi connectivity index (χ1) is 6.86. The molecule has 0 unspecified atom stereocenters. The predicted octanol–water partition coefficient (Wildman–Crippen LogP) is 1.91. The highest BCUT2D eigenvalue weighted by Crippen LogP contribution is 2.06. The van der Waals surface area contributed by atoms with Gasteiger partial charge in [-0.3, -0.25) is 0 Å². The molecule has 1 aromatic rings. The molecule has 0 bridgehead atoms. The van der Waals surface area contributed by atoms with Crippen molar-refractivity contribution in [3.8, 4) is 0 Å². The second-order valence-electron chi connectivity index (χ2n) is 2.99. The molecule has 0 aromatic carbocycles. The van der Waals surface area contributed by atoms with Gasteiger partial charge in [-0.1, -0.05) is 12.2 Å². The second kappa shape index (κ2) is 6.16. The van der Waals surface area contributed by atoms with E-state index >= 15 is 0 Å². The van der Waals surface area contributed by atoms with Crippen molar-refractivity contribution in [1.29, 1.82) is 0 Å². The number of aliphatic hydroxyl groups is 1. The lowest BCUT2D eigenvalue weighted by molar-refractivity contribution is 0.290. The minimum Gasteiger partial charge on any atom is -0.396 e. The second-order valence-corrected chi connectivity index (χ2v) is 2.99. The Kier molecular flexibility index (Phi) is 4.72. The van der Waals surface area contributed by atoms with Crippen LogP contribution in [0, 0.1) is 0 Å². The Labute approximate surface area is 84.5 Å². The van der Waals surface area contributed by atoms with Gasteiger partial charge in [0.25, 0.3) is 0 Å². The highest BCUT2D eigenvalue weighted by atomic mass is 16.2. The zero-order valence-corrected chi connectivity index (χ0v) is 8.40. The van der Waals surface area contributed by atoms with E-state index in [1.807, 2.05) is 37.5 Å². The van der Waals surface area contributed by atoms with Crippen LogP contribution in [0.15, 0.2) is 24.4 Å². The van der Waals surface area contributed by atoms with E-state index in [4.69, 9.17) is 5.11 Å². The van der Waals surface area contributed by atoms with E-state index in [0.717, 1.165) is 24.2 Å². The van der Waals surface area contributed by atoms with Crippen LogP contribution in [0.3, 0.4) is 0 Å². The van der Waals surface area contributed by atoms with Crippen LogP contribution < -0.4 is 5.32 Å². The van der Waals surface area contributed by atoms with Gasteiger partial charge in [-0.05, 0) is 30.5 Å². The molecule has 0 saturated heterocycles. The van der Waals surface area contributed by atoms with Crippen molar-refractivity contribution in [3.05, 3.63) is 30.0 Å². The summed E-state index contributed by atoms with van der Waals surface area (Å²) in [5.41, 5.74) is 1.09. The minimum absolute atomic E-state index is 0.251. The summed E-state index contributed by atoms with van der Waals surface area (Å²) < 4.78 is 0. The van der Waals surface area contributed by atoms with E-state index < -0.39 is 0 Å². The van der Waals surface area contributed by atoms with Crippen LogP contribution in [0.4, 0.5) is 5.82 Å². The fourth-order valence-electron chi connectivity index (χ4n) is 1.08. The maximum atomic E-state index is 8.58. The third kappa shape index (κ3) is 3.58. The maximum absolute atomic E-state index is 8.58. The number of aromatic nitrogens is 1. The quantitative estimate of drug-likeness (QED) is 0.700. The van der Waals surface area contributed by atoms with Crippen molar-refractivity contribution < 1.29 is 5.11 Å². The number of hydrogen-bond acceptors (Lipinski definition) is 3. The SMILES string of the molecule is CNc1ccc(/C=C\CCCO)cn1. The van der Waals surface area contributed by atoms with Gasteiger partial charge < -0.3 is 10.4 Å². The lowest BCUT2D eigenvalue weighted by Crippen LogP contribution is -1.90. The Bertz CT molecular complexity index is 280. The van der Waals surface area contributed by atoms with Gasteiger partial charge in [0.15, 0.2) is 0 Å². The van der Waals surface area contributed by atoms with E-state index in [9.17, 15) is 0 Å². The Balaban J connectivity index is 2.47. The van der Waals surface area contributed by atoms with Crippen molar-refractivity contribution in [2.75, 3.05) is 19.0 Å². The molecule has 3 nitrogen and oxygen atoms in total. The number of nitrogens with zero attached hydrogens (tertiary/aromatic N) is 1. The standard InChI is InChI=1S/C11H16N2O/c1-12-11-7-6-10(9-13-11)5-3-2-4-8-14/h3,5-7,9,14H,2,4,8H2,1H3,(H,12,13)/b5-3-. The number of anilines is 1. The van der Waals surface area contributed by atoms with Crippen molar-refractivity contribution in [1.82, 2.24) is 4.98 Å². The van der Waals surface area contributed by atoms with Gasteiger partial charge in [0.2, 0.25) is 0 Å². The average molecular weight is 192 g/mol. The first-order valence-corrected chi connectivity index (χ1v) is 4.78. The summed E-state index contributed by atoms with van der Waals surface area (Å²) in [6.07, 6.45) is 7.61. The van der Waals surface area contributed by atoms with Crippen LogP contribution in [-0.2, 0) is 0 Å². The third-order valence-electron chi connectivity index (χ3n) is 1.88. The van der Waals surface area contributed by atoms with Crippen LogP contribution in [0.5, 0.6) is 0 Å². The van der Waals surface area contributed by atoms with Gasteiger partial charge in [0.1, 0.15) is 5.82 Å². The molecule has 2 N–H and O–H groups in total. The minimum atomic E-state index is 0.251. The van der Waals surface area contributed by atoms with E-state index in [0.29, 0.717) is 0 Å². The number of aliphatic hydroxyl groups excluding tert-OH is 1. The molecule has 0 amide bonds. The number of hydrogen-bond donors (Lipinski definition) is 2. The molecule has 0 aliphatic heterocycles. The molecule has 0 aliphatic carbocycles. The van der Waals surface area contributed by atoms with Crippen LogP contribution in [0.1, 0.15) is 18.4 Å². The number of unbranched alkanes of at least 4 members (excludes halogenated alkanes) is 1. The van der Waals surface area contributed by atoms with Gasteiger partial charge in [-0.15, -0.1) is 0 Å². The molecule has 1 aromatic heterocycles.